The predicted molar refractivity (Wildman–Crippen MR) is 132 cm³/mol. The van der Waals surface area contributed by atoms with Crippen LogP contribution in [-0.4, -0.2) is 6.61 Å². The summed E-state index contributed by atoms with van der Waals surface area (Å²) in [6.45, 7) is 6.22. The van der Waals surface area contributed by atoms with Gasteiger partial charge in [-0.15, -0.1) is 12.4 Å². The summed E-state index contributed by atoms with van der Waals surface area (Å²) in [5.41, 5.74) is 4.33. The molecule has 0 heterocycles. The molecule has 0 aromatic heterocycles. The monoisotopic (exact) mass is 499 g/mol. The van der Waals surface area contributed by atoms with Crippen molar-refractivity contribution < 1.29 is 9.47 Å². The molecule has 3 nitrogen and oxygen atoms in total. The van der Waals surface area contributed by atoms with Crippen molar-refractivity contribution >= 4 is 47.2 Å². The van der Waals surface area contributed by atoms with Crippen LogP contribution in [-0.2, 0) is 19.7 Å². The number of hydrogen-bond acceptors (Lipinski definition) is 3. The molecular formula is C24H25Cl4NO2. The summed E-state index contributed by atoms with van der Waals surface area (Å²) in [6.07, 6.45) is 0. The first kappa shape index (κ1) is 25.6. The highest BCUT2D eigenvalue weighted by Gasteiger charge is 2.14. The van der Waals surface area contributed by atoms with Crippen molar-refractivity contribution in [2.75, 3.05) is 6.61 Å². The summed E-state index contributed by atoms with van der Waals surface area (Å²) in [5, 5.41) is 5.07. The van der Waals surface area contributed by atoms with E-state index in [1.54, 1.807) is 12.1 Å². The highest BCUT2D eigenvalue weighted by molar-refractivity contribution is 6.35. The average Bonchev–Trinajstić information content (AvgIpc) is 2.70. The fraction of sp³-hybridized carbons (Fsp3) is 0.250. The Morgan fingerprint density at radius 1 is 0.806 bits per heavy atom. The second-order valence-corrected chi connectivity index (χ2v) is 8.20. The Morgan fingerprint density at radius 2 is 1.52 bits per heavy atom. The second-order valence-electron chi connectivity index (χ2n) is 6.95. The van der Waals surface area contributed by atoms with Gasteiger partial charge in [-0.25, -0.2) is 0 Å². The molecule has 0 radical (unpaired) electrons. The number of benzene rings is 3. The van der Waals surface area contributed by atoms with Crippen LogP contribution in [0, 0.1) is 6.92 Å². The summed E-state index contributed by atoms with van der Waals surface area (Å²) < 4.78 is 11.7. The van der Waals surface area contributed by atoms with Crippen LogP contribution in [0.4, 0.5) is 0 Å². The molecule has 0 atom stereocenters. The van der Waals surface area contributed by atoms with E-state index < -0.39 is 0 Å². The molecule has 0 bridgehead atoms. The van der Waals surface area contributed by atoms with Gasteiger partial charge in [-0.3, -0.25) is 0 Å². The van der Waals surface area contributed by atoms with Crippen LogP contribution in [0.3, 0.4) is 0 Å². The first-order valence-corrected chi connectivity index (χ1v) is 10.9. The number of ether oxygens (including phenoxy) is 2. The maximum Gasteiger partial charge on any atom is 0.180 e. The molecule has 0 unspecified atom stereocenters. The van der Waals surface area contributed by atoms with Gasteiger partial charge in [-0.1, -0.05) is 70.7 Å². The lowest BCUT2D eigenvalue weighted by Gasteiger charge is -2.16. The molecule has 3 aromatic rings. The number of hydrogen-bond donors (Lipinski definition) is 1. The molecule has 1 N–H and O–H groups in total. The van der Waals surface area contributed by atoms with E-state index in [9.17, 15) is 0 Å². The summed E-state index contributed by atoms with van der Waals surface area (Å²) in [6, 6.07) is 17.6. The van der Waals surface area contributed by atoms with E-state index in [1.165, 1.54) is 11.1 Å². The molecule has 166 valence electrons. The van der Waals surface area contributed by atoms with Gasteiger partial charge in [-0.2, -0.15) is 0 Å². The number of aryl methyl sites for hydroxylation is 1. The lowest BCUT2D eigenvalue weighted by molar-refractivity contribution is 0.269. The Morgan fingerprint density at radius 3 is 2.19 bits per heavy atom. The van der Waals surface area contributed by atoms with E-state index in [0.29, 0.717) is 39.7 Å². The molecule has 0 fully saturated rings. The van der Waals surface area contributed by atoms with Crippen LogP contribution < -0.4 is 14.8 Å². The predicted octanol–water partition coefficient (Wildman–Crippen LogP) is 7.64. The van der Waals surface area contributed by atoms with Gasteiger partial charge in [0, 0.05) is 28.7 Å². The Hall–Kier alpha value is -1.62. The lowest BCUT2D eigenvalue weighted by atomic mass is 10.1. The highest BCUT2D eigenvalue weighted by atomic mass is 35.5. The summed E-state index contributed by atoms with van der Waals surface area (Å²) in [5.74, 6) is 1.12. The van der Waals surface area contributed by atoms with E-state index in [-0.39, 0.29) is 19.0 Å². The van der Waals surface area contributed by atoms with Crippen LogP contribution in [0.2, 0.25) is 15.1 Å². The SMILES string of the molecule is CCOc1cc(CNCc2ccc(C)cc2)cc(Cl)c1OCc1ccc(Cl)cc1Cl.Cl. The topological polar surface area (TPSA) is 30.5 Å². The van der Waals surface area contributed by atoms with Crippen LogP contribution in [0.5, 0.6) is 11.5 Å². The van der Waals surface area contributed by atoms with Gasteiger partial charge in [0.25, 0.3) is 0 Å². The third kappa shape index (κ3) is 7.48. The van der Waals surface area contributed by atoms with Gasteiger partial charge in [0.1, 0.15) is 6.61 Å². The van der Waals surface area contributed by atoms with Gasteiger partial charge in [-0.05, 0) is 49.2 Å². The Labute approximate surface area is 205 Å². The van der Waals surface area contributed by atoms with Gasteiger partial charge in [0.15, 0.2) is 11.5 Å². The molecule has 7 heteroatoms. The van der Waals surface area contributed by atoms with Crippen molar-refractivity contribution in [3.63, 3.8) is 0 Å². The highest BCUT2D eigenvalue weighted by Crippen LogP contribution is 2.37. The lowest BCUT2D eigenvalue weighted by Crippen LogP contribution is -2.13. The van der Waals surface area contributed by atoms with Gasteiger partial charge in [0.05, 0.1) is 11.6 Å². The quantitative estimate of drug-likeness (QED) is 0.327. The molecule has 0 saturated carbocycles. The molecule has 0 aliphatic rings. The summed E-state index contributed by atoms with van der Waals surface area (Å²) in [4.78, 5) is 0. The molecule has 0 saturated heterocycles. The molecule has 31 heavy (non-hydrogen) atoms. The Balaban J connectivity index is 0.00000341. The average molecular weight is 501 g/mol. The normalized spacial score (nSPS) is 10.5. The van der Waals surface area contributed by atoms with Crippen molar-refractivity contribution in [1.82, 2.24) is 5.32 Å². The molecule has 0 spiro atoms. The van der Waals surface area contributed by atoms with E-state index in [1.807, 2.05) is 25.1 Å². The maximum absolute atomic E-state index is 6.53. The van der Waals surface area contributed by atoms with Crippen molar-refractivity contribution in [3.05, 3.63) is 91.9 Å². The summed E-state index contributed by atoms with van der Waals surface area (Å²) in [7, 11) is 0. The van der Waals surface area contributed by atoms with Crippen LogP contribution in [0.15, 0.2) is 54.6 Å². The molecule has 0 aliphatic carbocycles. The van der Waals surface area contributed by atoms with Crippen molar-refractivity contribution in [1.29, 1.82) is 0 Å². The number of rotatable bonds is 9. The minimum absolute atomic E-state index is 0. The zero-order chi connectivity index (χ0) is 21.5. The minimum Gasteiger partial charge on any atom is -0.490 e. The van der Waals surface area contributed by atoms with Gasteiger partial charge >= 0.3 is 0 Å². The molecule has 0 aliphatic heterocycles. The molecular weight excluding hydrogens is 476 g/mol. The maximum atomic E-state index is 6.53. The smallest absolute Gasteiger partial charge is 0.180 e. The van der Waals surface area contributed by atoms with Gasteiger partial charge in [0.2, 0.25) is 0 Å². The van der Waals surface area contributed by atoms with Crippen molar-refractivity contribution in [3.8, 4) is 11.5 Å². The standard InChI is InChI=1S/C24H24Cl3NO2.ClH/c1-3-29-23-11-18(14-28-13-17-6-4-16(2)5-7-17)10-22(27)24(23)30-15-19-8-9-20(25)12-21(19)26;/h4-12,28H,3,13-15H2,1-2H3;1H. The zero-order valence-electron chi connectivity index (χ0n) is 17.4. The summed E-state index contributed by atoms with van der Waals surface area (Å²) >= 11 is 18.7. The van der Waals surface area contributed by atoms with Crippen molar-refractivity contribution in [2.24, 2.45) is 0 Å². The Bertz CT molecular complexity index is 994. The number of halogens is 4. The van der Waals surface area contributed by atoms with Crippen LogP contribution in [0.25, 0.3) is 0 Å². The van der Waals surface area contributed by atoms with E-state index in [2.05, 4.69) is 36.5 Å². The van der Waals surface area contributed by atoms with Crippen LogP contribution >= 0.6 is 47.2 Å². The minimum atomic E-state index is 0. The van der Waals surface area contributed by atoms with E-state index in [4.69, 9.17) is 44.3 Å². The van der Waals surface area contributed by atoms with Crippen LogP contribution in [0.1, 0.15) is 29.2 Å². The molecule has 0 amide bonds. The van der Waals surface area contributed by atoms with E-state index >= 15 is 0 Å². The number of nitrogens with one attached hydrogen (secondary N) is 1. The Kier molecular flexibility index (Phi) is 10.3. The molecule has 3 aromatic carbocycles. The van der Waals surface area contributed by atoms with Gasteiger partial charge < -0.3 is 14.8 Å². The zero-order valence-corrected chi connectivity index (χ0v) is 20.5. The fourth-order valence-corrected chi connectivity index (χ4v) is 3.72. The third-order valence-corrected chi connectivity index (χ3v) is 5.40. The molecule has 3 rings (SSSR count). The van der Waals surface area contributed by atoms with Crippen molar-refractivity contribution in [2.45, 2.75) is 33.5 Å². The third-order valence-electron chi connectivity index (χ3n) is 4.54. The first-order valence-electron chi connectivity index (χ1n) is 9.74. The van der Waals surface area contributed by atoms with E-state index in [0.717, 1.165) is 17.7 Å². The first-order chi connectivity index (χ1) is 14.5. The second kappa shape index (κ2) is 12.4. The largest absolute Gasteiger partial charge is 0.490 e. The fourth-order valence-electron chi connectivity index (χ4n) is 2.97.